The minimum atomic E-state index is -0.770. The molecule has 5 rings (SSSR count). The van der Waals surface area contributed by atoms with E-state index in [0.717, 1.165) is 26.1 Å². The van der Waals surface area contributed by atoms with E-state index < -0.39 is 17.9 Å². The van der Waals surface area contributed by atoms with Gasteiger partial charge in [0.1, 0.15) is 0 Å². The molecule has 3 N–H and O–H groups in total. The summed E-state index contributed by atoms with van der Waals surface area (Å²) in [6.45, 7) is 5.99. The van der Waals surface area contributed by atoms with Crippen molar-refractivity contribution in [3.05, 3.63) is 93.3 Å². The second-order valence-corrected chi connectivity index (χ2v) is 11.3. The van der Waals surface area contributed by atoms with E-state index in [4.69, 9.17) is 31.5 Å². The Bertz CT molecular complexity index is 1320. The summed E-state index contributed by atoms with van der Waals surface area (Å²) in [6.07, 6.45) is 0.815. The maximum Gasteiger partial charge on any atom is 0.336 e. The van der Waals surface area contributed by atoms with Crippen molar-refractivity contribution in [1.82, 2.24) is 10.2 Å². The molecule has 0 bridgehead atoms. The fraction of sp³-hybridized carbons (Fsp3) is 0.438. The van der Waals surface area contributed by atoms with Gasteiger partial charge in [-0.2, -0.15) is 0 Å². The Morgan fingerprint density at radius 3 is 2.39 bits per heavy atom. The molecule has 2 aliphatic heterocycles. The maximum absolute atomic E-state index is 13.8. The van der Waals surface area contributed by atoms with E-state index in [-0.39, 0.29) is 6.61 Å². The van der Waals surface area contributed by atoms with Crippen molar-refractivity contribution in [2.75, 3.05) is 46.6 Å². The molecule has 9 heteroatoms. The van der Waals surface area contributed by atoms with Crippen molar-refractivity contribution in [2.45, 2.75) is 25.8 Å². The summed E-state index contributed by atoms with van der Waals surface area (Å²) in [5.74, 6) is 0.0550. The normalized spacial score (nSPS) is 23.7. The van der Waals surface area contributed by atoms with Gasteiger partial charge in [0.05, 0.1) is 49.7 Å². The van der Waals surface area contributed by atoms with Crippen LogP contribution in [0.15, 0.2) is 77.1 Å². The lowest BCUT2D eigenvalue weighted by atomic mass is 9.80. The molecule has 2 heterocycles. The number of methoxy groups -OCH3 is 1. The monoisotopic (exact) mass is 579 g/mol. The second kappa shape index (κ2) is 13.2. The number of rotatable bonds is 12. The van der Waals surface area contributed by atoms with E-state index in [0.29, 0.717) is 70.6 Å². The zero-order valence-electron chi connectivity index (χ0n) is 23.6. The van der Waals surface area contributed by atoms with Gasteiger partial charge in [0.25, 0.3) is 0 Å². The Morgan fingerprint density at radius 2 is 1.71 bits per heavy atom. The third-order valence-electron chi connectivity index (χ3n) is 8.38. The van der Waals surface area contributed by atoms with Crippen LogP contribution in [-0.4, -0.2) is 63.4 Å². The van der Waals surface area contributed by atoms with E-state index in [9.17, 15) is 9.59 Å². The fourth-order valence-electron chi connectivity index (χ4n) is 6.41. The lowest BCUT2D eigenvalue weighted by Gasteiger charge is -2.31. The molecule has 0 spiro atoms. The molecular weight excluding hydrogens is 542 g/mol. The summed E-state index contributed by atoms with van der Waals surface area (Å²) < 4.78 is 16.7. The quantitative estimate of drug-likeness (QED) is 0.287. The molecule has 0 aromatic heterocycles. The highest BCUT2D eigenvalue weighted by Crippen LogP contribution is 2.53. The number of halogens is 1. The average molecular weight is 580 g/mol. The van der Waals surface area contributed by atoms with Gasteiger partial charge < -0.3 is 25.3 Å². The van der Waals surface area contributed by atoms with Gasteiger partial charge in [-0.25, -0.2) is 9.59 Å². The highest BCUT2D eigenvalue weighted by molar-refractivity contribution is 6.31. The minimum Gasteiger partial charge on any atom is -0.466 e. The molecule has 1 saturated carbocycles. The first kappa shape index (κ1) is 29.3. The van der Waals surface area contributed by atoms with Crippen molar-refractivity contribution < 1.29 is 23.8 Å². The van der Waals surface area contributed by atoms with Crippen LogP contribution in [0.25, 0.3) is 0 Å². The summed E-state index contributed by atoms with van der Waals surface area (Å²) in [7, 11) is 1.32. The van der Waals surface area contributed by atoms with Crippen LogP contribution in [0.1, 0.15) is 30.4 Å². The zero-order valence-corrected chi connectivity index (χ0v) is 24.4. The van der Waals surface area contributed by atoms with Gasteiger partial charge in [0.2, 0.25) is 0 Å². The molecule has 3 unspecified atom stereocenters. The number of nitrogens with zero attached hydrogens (tertiary/aromatic N) is 1. The number of likely N-dealkylation sites (tertiary alicyclic amines) is 1. The van der Waals surface area contributed by atoms with Crippen molar-refractivity contribution in [3.8, 4) is 0 Å². The summed E-state index contributed by atoms with van der Waals surface area (Å²) >= 11 is 6.61. The predicted octanol–water partition coefficient (Wildman–Crippen LogP) is 4.01. The third-order valence-corrected chi connectivity index (χ3v) is 8.72. The number of nitrogens with one attached hydrogen (secondary N) is 1. The number of fused-ring (bicyclic) bond motifs is 1. The minimum absolute atomic E-state index is 0.110. The number of allylic oxidation sites excluding steroid dienone is 1. The highest BCUT2D eigenvalue weighted by atomic mass is 35.5. The number of piperidine rings is 1. The number of nitrogens with two attached hydrogens (primary N) is 1. The Morgan fingerprint density at radius 1 is 1.00 bits per heavy atom. The Hall–Kier alpha value is -3.17. The highest BCUT2D eigenvalue weighted by Gasteiger charge is 2.54. The van der Waals surface area contributed by atoms with Gasteiger partial charge in [0.15, 0.2) is 0 Å². The van der Waals surface area contributed by atoms with E-state index in [2.05, 4.69) is 34.5 Å². The van der Waals surface area contributed by atoms with Gasteiger partial charge in [-0.1, -0.05) is 60.1 Å². The number of esters is 2. The second-order valence-electron chi connectivity index (χ2n) is 10.9. The lowest BCUT2D eigenvalue weighted by Crippen LogP contribution is -2.35. The smallest absolute Gasteiger partial charge is 0.336 e. The predicted molar refractivity (Wildman–Crippen MR) is 157 cm³/mol. The molecule has 2 fully saturated rings. The summed E-state index contributed by atoms with van der Waals surface area (Å²) in [4.78, 5) is 29.3. The third kappa shape index (κ3) is 6.51. The number of hydrogen-bond acceptors (Lipinski definition) is 8. The van der Waals surface area contributed by atoms with E-state index in [1.54, 1.807) is 13.0 Å². The zero-order chi connectivity index (χ0) is 28.9. The number of dihydropyridines is 1. The van der Waals surface area contributed by atoms with Crippen LogP contribution in [0.5, 0.6) is 0 Å². The molecule has 1 saturated heterocycles. The van der Waals surface area contributed by atoms with Crippen molar-refractivity contribution in [2.24, 2.45) is 23.5 Å². The largest absolute Gasteiger partial charge is 0.466 e. The summed E-state index contributed by atoms with van der Waals surface area (Å²) in [5.41, 5.74) is 9.28. The van der Waals surface area contributed by atoms with Gasteiger partial charge >= 0.3 is 11.9 Å². The van der Waals surface area contributed by atoms with Crippen molar-refractivity contribution in [3.63, 3.8) is 0 Å². The Kier molecular flexibility index (Phi) is 9.45. The lowest BCUT2D eigenvalue weighted by molar-refractivity contribution is -0.139. The Balaban J connectivity index is 1.28. The average Bonchev–Trinajstić information content (AvgIpc) is 3.42. The number of ether oxygens (including phenoxy) is 3. The number of carbonyl (C=O) groups is 2. The summed E-state index contributed by atoms with van der Waals surface area (Å²) in [5, 5.41) is 3.64. The van der Waals surface area contributed by atoms with Crippen LogP contribution >= 0.6 is 11.6 Å². The first-order valence-electron chi connectivity index (χ1n) is 14.2. The molecule has 0 amide bonds. The number of carbonyl (C=O) groups excluding carboxylic acids is 2. The fourth-order valence-corrected chi connectivity index (χ4v) is 6.66. The first-order valence-corrected chi connectivity index (χ1v) is 14.6. The number of benzene rings is 2. The van der Waals surface area contributed by atoms with Gasteiger partial charge in [-0.05, 0) is 48.3 Å². The van der Waals surface area contributed by atoms with Gasteiger partial charge in [-0.15, -0.1) is 0 Å². The standard InChI is InChI=1S/C32H38ClN3O5/c1-20-28(31(37)39-2)29(23-10-6-7-11-26(23)33)30(27(35-20)19-40-15-13-34)32(38)41-14-12-22-24-17-36(18-25(22)24)16-21-8-4-3-5-9-21/h3-11,22,24-25,29,35H,12-19,34H2,1-2H3. The Labute approximate surface area is 246 Å². The van der Waals surface area contributed by atoms with Gasteiger partial charge in [-0.3, -0.25) is 4.90 Å². The van der Waals surface area contributed by atoms with Crippen LogP contribution < -0.4 is 11.1 Å². The molecule has 0 radical (unpaired) electrons. The van der Waals surface area contributed by atoms with E-state index in [1.807, 2.05) is 24.3 Å². The van der Waals surface area contributed by atoms with Gasteiger partial charge in [0, 0.05) is 36.9 Å². The molecule has 218 valence electrons. The molecule has 2 aromatic carbocycles. The van der Waals surface area contributed by atoms with Crippen LogP contribution in [0.2, 0.25) is 5.02 Å². The van der Waals surface area contributed by atoms with Crippen LogP contribution in [0.3, 0.4) is 0 Å². The topological polar surface area (TPSA) is 103 Å². The van der Waals surface area contributed by atoms with E-state index in [1.165, 1.54) is 12.7 Å². The molecule has 41 heavy (non-hydrogen) atoms. The summed E-state index contributed by atoms with van der Waals surface area (Å²) in [6, 6.07) is 17.7. The molecule has 3 atom stereocenters. The number of hydrogen-bond donors (Lipinski definition) is 2. The van der Waals surface area contributed by atoms with E-state index >= 15 is 0 Å². The molecule has 1 aliphatic carbocycles. The molecule has 3 aliphatic rings. The van der Waals surface area contributed by atoms with Crippen LogP contribution in [0.4, 0.5) is 0 Å². The van der Waals surface area contributed by atoms with Crippen LogP contribution in [-0.2, 0) is 30.3 Å². The van der Waals surface area contributed by atoms with Crippen LogP contribution in [0, 0.1) is 17.8 Å². The van der Waals surface area contributed by atoms with Crippen molar-refractivity contribution >= 4 is 23.5 Å². The molecule has 2 aromatic rings. The maximum atomic E-state index is 13.8. The first-order chi connectivity index (χ1) is 19.9. The van der Waals surface area contributed by atoms with Crippen molar-refractivity contribution in [1.29, 1.82) is 0 Å². The molecular formula is C32H38ClN3O5. The molecule has 8 nitrogen and oxygen atoms in total. The SMILES string of the molecule is COC(=O)C1=C(C)NC(COCCN)=C(C(=O)OCCC2C3CN(Cc4ccccc4)CC23)C1c1ccccc1Cl.